The van der Waals surface area contributed by atoms with Gasteiger partial charge in [0.25, 0.3) is 0 Å². The van der Waals surface area contributed by atoms with Crippen LogP contribution in [0, 0.1) is 11.8 Å². The molecule has 0 N–H and O–H groups in total. The quantitative estimate of drug-likeness (QED) is 0.480. The molecule has 3 unspecified atom stereocenters. The molecular weight excluding hydrogens is 196 g/mol. The second kappa shape index (κ2) is 5.86. The Hall–Kier alpha value is -0.300. The normalized spacial score (nSPS) is 35.1. The Kier molecular flexibility index (Phi) is 4.45. The van der Waals surface area contributed by atoms with E-state index < -0.39 is 0 Å². The number of hydrogen-bond acceptors (Lipinski definition) is 1. The summed E-state index contributed by atoms with van der Waals surface area (Å²) < 4.78 is 6.07. The summed E-state index contributed by atoms with van der Waals surface area (Å²) in [6.45, 7) is 5.44. The summed E-state index contributed by atoms with van der Waals surface area (Å²) in [4.78, 5) is 0. The molecule has 2 saturated carbocycles. The lowest BCUT2D eigenvalue weighted by Crippen LogP contribution is -2.22. The van der Waals surface area contributed by atoms with Crippen molar-refractivity contribution in [2.75, 3.05) is 6.61 Å². The number of unbranched alkanes of at least 4 members (excludes halogenated alkanes) is 3. The summed E-state index contributed by atoms with van der Waals surface area (Å²) in [5.41, 5.74) is 1.68. The molecule has 0 aliphatic heterocycles. The molecule has 1 heteroatoms. The maximum absolute atomic E-state index is 6.07. The summed E-state index contributed by atoms with van der Waals surface area (Å²) in [5.74, 6) is 1.72. The highest BCUT2D eigenvalue weighted by molar-refractivity contribution is 5.18. The van der Waals surface area contributed by atoms with Crippen molar-refractivity contribution in [1.29, 1.82) is 0 Å². The molecule has 3 atom stereocenters. The van der Waals surface area contributed by atoms with Crippen molar-refractivity contribution in [2.24, 2.45) is 11.8 Å². The number of ether oxygens (including phenoxy) is 1. The third-order valence-corrected chi connectivity index (χ3v) is 4.30. The molecule has 0 radical (unpaired) electrons. The third-order valence-electron chi connectivity index (χ3n) is 4.30. The lowest BCUT2D eigenvalue weighted by molar-refractivity contribution is 0.0273. The van der Waals surface area contributed by atoms with Crippen LogP contribution in [-0.4, -0.2) is 12.7 Å². The van der Waals surface area contributed by atoms with E-state index in [1.54, 1.807) is 5.57 Å². The highest BCUT2D eigenvalue weighted by atomic mass is 16.5. The van der Waals surface area contributed by atoms with Crippen LogP contribution in [0.2, 0.25) is 0 Å². The smallest absolute Gasteiger partial charge is 0.0643 e. The predicted molar refractivity (Wildman–Crippen MR) is 68.5 cm³/mol. The van der Waals surface area contributed by atoms with E-state index in [4.69, 9.17) is 4.74 Å². The van der Waals surface area contributed by atoms with Gasteiger partial charge in [-0.3, -0.25) is 0 Å². The van der Waals surface area contributed by atoms with Gasteiger partial charge in [-0.1, -0.05) is 37.8 Å². The van der Waals surface area contributed by atoms with Crippen LogP contribution < -0.4 is 0 Å². The Morgan fingerprint density at radius 3 is 2.81 bits per heavy atom. The first-order chi connectivity index (χ1) is 7.85. The monoisotopic (exact) mass is 222 g/mol. The van der Waals surface area contributed by atoms with Crippen LogP contribution in [0.4, 0.5) is 0 Å². The van der Waals surface area contributed by atoms with Gasteiger partial charge in [-0.15, -0.1) is 0 Å². The van der Waals surface area contributed by atoms with E-state index in [1.165, 1.54) is 44.9 Å². The van der Waals surface area contributed by atoms with Gasteiger partial charge in [0, 0.05) is 12.5 Å². The largest absolute Gasteiger partial charge is 0.378 e. The van der Waals surface area contributed by atoms with Gasteiger partial charge in [0.2, 0.25) is 0 Å². The first-order valence-corrected chi connectivity index (χ1v) is 7.11. The van der Waals surface area contributed by atoms with Crippen molar-refractivity contribution in [3.05, 3.63) is 11.6 Å². The van der Waals surface area contributed by atoms with Gasteiger partial charge in [-0.25, -0.2) is 0 Å². The van der Waals surface area contributed by atoms with Crippen LogP contribution >= 0.6 is 0 Å². The van der Waals surface area contributed by atoms with Crippen LogP contribution in [0.1, 0.15) is 58.8 Å². The number of rotatable bonds is 6. The van der Waals surface area contributed by atoms with Crippen LogP contribution in [0.15, 0.2) is 11.6 Å². The van der Waals surface area contributed by atoms with E-state index >= 15 is 0 Å². The Morgan fingerprint density at radius 1 is 1.25 bits per heavy atom. The molecule has 0 amide bonds. The van der Waals surface area contributed by atoms with Gasteiger partial charge in [0.1, 0.15) is 0 Å². The Balaban J connectivity index is 1.68. The van der Waals surface area contributed by atoms with Gasteiger partial charge < -0.3 is 4.74 Å². The Labute approximate surface area is 100 Å². The predicted octanol–water partition coefficient (Wildman–Crippen LogP) is 4.33. The van der Waals surface area contributed by atoms with E-state index in [0.29, 0.717) is 6.10 Å². The standard InChI is InChI=1S/C15H26O/c1-3-5-6-7-8-16-15-11-12-9-13(4-2)14(15)10-12/h4,12,14-15H,3,5-11H2,1-2H3/b13-4-. The molecule has 0 aromatic carbocycles. The van der Waals surface area contributed by atoms with Crippen molar-refractivity contribution < 1.29 is 4.74 Å². The van der Waals surface area contributed by atoms with Crippen LogP contribution in [0.25, 0.3) is 0 Å². The fourth-order valence-corrected chi connectivity index (χ4v) is 3.42. The second-order valence-corrected chi connectivity index (χ2v) is 5.48. The average molecular weight is 222 g/mol. The first-order valence-electron chi connectivity index (χ1n) is 7.11. The number of allylic oxidation sites excluding steroid dienone is 1. The molecule has 0 heterocycles. The summed E-state index contributed by atoms with van der Waals surface area (Å²) >= 11 is 0. The molecule has 2 aliphatic carbocycles. The van der Waals surface area contributed by atoms with Crippen molar-refractivity contribution >= 4 is 0 Å². The van der Waals surface area contributed by atoms with Crippen molar-refractivity contribution in [3.8, 4) is 0 Å². The fraction of sp³-hybridized carbons (Fsp3) is 0.867. The minimum absolute atomic E-state index is 0.562. The number of fused-ring (bicyclic) bond motifs is 2. The van der Waals surface area contributed by atoms with Gasteiger partial charge >= 0.3 is 0 Å². The molecule has 1 nitrogen and oxygen atoms in total. The summed E-state index contributed by atoms with van der Waals surface area (Å²) in [7, 11) is 0. The molecule has 92 valence electrons. The topological polar surface area (TPSA) is 9.23 Å². The van der Waals surface area contributed by atoms with Gasteiger partial charge in [0.05, 0.1) is 6.10 Å². The first kappa shape index (κ1) is 12.2. The highest BCUT2D eigenvalue weighted by Gasteiger charge is 2.42. The zero-order chi connectivity index (χ0) is 11.4. The molecule has 0 aromatic rings. The van der Waals surface area contributed by atoms with Crippen LogP contribution in [-0.2, 0) is 4.74 Å². The molecule has 2 aliphatic rings. The molecular formula is C15H26O. The van der Waals surface area contributed by atoms with E-state index in [9.17, 15) is 0 Å². The second-order valence-electron chi connectivity index (χ2n) is 5.48. The minimum atomic E-state index is 0.562. The van der Waals surface area contributed by atoms with E-state index in [2.05, 4.69) is 19.9 Å². The lowest BCUT2D eigenvalue weighted by Gasteiger charge is -2.24. The van der Waals surface area contributed by atoms with Gasteiger partial charge in [-0.05, 0) is 38.5 Å². The van der Waals surface area contributed by atoms with E-state index in [-0.39, 0.29) is 0 Å². The maximum Gasteiger partial charge on any atom is 0.0643 e. The van der Waals surface area contributed by atoms with E-state index in [0.717, 1.165) is 18.4 Å². The van der Waals surface area contributed by atoms with Crippen molar-refractivity contribution in [2.45, 2.75) is 64.9 Å². The van der Waals surface area contributed by atoms with Crippen molar-refractivity contribution in [3.63, 3.8) is 0 Å². The molecule has 0 aromatic heterocycles. The molecule has 16 heavy (non-hydrogen) atoms. The van der Waals surface area contributed by atoms with Crippen LogP contribution in [0.3, 0.4) is 0 Å². The molecule has 2 rings (SSSR count). The van der Waals surface area contributed by atoms with E-state index in [1.807, 2.05) is 0 Å². The Bertz CT molecular complexity index is 244. The summed E-state index contributed by atoms with van der Waals surface area (Å²) in [6, 6.07) is 0. The van der Waals surface area contributed by atoms with Gasteiger partial charge in [-0.2, -0.15) is 0 Å². The lowest BCUT2D eigenvalue weighted by atomic mass is 9.92. The Morgan fingerprint density at radius 2 is 2.12 bits per heavy atom. The third kappa shape index (κ3) is 2.68. The van der Waals surface area contributed by atoms with Crippen LogP contribution in [0.5, 0.6) is 0 Å². The molecule has 0 spiro atoms. The zero-order valence-electron chi connectivity index (χ0n) is 10.9. The SMILES string of the molecule is C/C=C1/CC2CC(OCCCCCC)C1C2. The fourth-order valence-electron chi connectivity index (χ4n) is 3.42. The summed E-state index contributed by atoms with van der Waals surface area (Å²) in [6.07, 6.45) is 12.3. The summed E-state index contributed by atoms with van der Waals surface area (Å²) in [5, 5.41) is 0. The van der Waals surface area contributed by atoms with Crippen molar-refractivity contribution in [1.82, 2.24) is 0 Å². The maximum atomic E-state index is 6.07. The average Bonchev–Trinajstić information content (AvgIpc) is 2.87. The molecule has 2 fully saturated rings. The minimum Gasteiger partial charge on any atom is -0.378 e. The van der Waals surface area contributed by atoms with Gasteiger partial charge in [0.15, 0.2) is 0 Å². The highest BCUT2D eigenvalue weighted by Crippen LogP contribution is 2.49. The molecule has 2 bridgehead atoms. The number of hydrogen-bond donors (Lipinski definition) is 0. The molecule has 0 saturated heterocycles. The zero-order valence-corrected chi connectivity index (χ0v) is 10.9.